The van der Waals surface area contributed by atoms with Crippen LogP contribution >= 0.6 is 15.9 Å². The molecule has 1 aromatic rings. The predicted octanol–water partition coefficient (Wildman–Crippen LogP) is 4.84. The third-order valence-electron chi connectivity index (χ3n) is 3.25. The topological polar surface area (TPSA) is 43.4 Å². The van der Waals surface area contributed by atoms with Crippen molar-refractivity contribution in [3.05, 3.63) is 29.3 Å². The van der Waals surface area contributed by atoms with Gasteiger partial charge in [0.2, 0.25) is 0 Å². The Balaban J connectivity index is 2.79. The van der Waals surface area contributed by atoms with Gasteiger partial charge in [-0.15, -0.1) is 0 Å². The quantitative estimate of drug-likeness (QED) is 0.220. The molecular formula is C17H23BrO3. The smallest absolute Gasteiger partial charge is 0.308 e. The molecule has 0 spiro atoms. The largest absolute Gasteiger partial charge is 0.426 e. The number of halogens is 1. The van der Waals surface area contributed by atoms with Gasteiger partial charge in [0.25, 0.3) is 0 Å². The Labute approximate surface area is 135 Å². The highest BCUT2D eigenvalue weighted by atomic mass is 79.9. The van der Waals surface area contributed by atoms with Crippen LogP contribution in [-0.2, 0) is 4.79 Å². The fraction of sp³-hybridized carbons (Fsp3) is 0.529. The summed E-state index contributed by atoms with van der Waals surface area (Å²) in [7, 11) is 0. The average molecular weight is 355 g/mol. The van der Waals surface area contributed by atoms with Gasteiger partial charge in [-0.2, -0.15) is 0 Å². The van der Waals surface area contributed by atoms with E-state index >= 15 is 0 Å². The van der Waals surface area contributed by atoms with Crippen LogP contribution in [0.1, 0.15) is 61.9 Å². The number of unbranched alkanes of at least 4 members (excludes halogenated alkanes) is 3. The lowest BCUT2D eigenvalue weighted by Gasteiger charge is -2.13. The molecule has 0 heterocycles. The first-order valence-electron chi connectivity index (χ1n) is 7.43. The third-order valence-corrected chi connectivity index (χ3v) is 4.12. The van der Waals surface area contributed by atoms with E-state index in [0.717, 1.165) is 24.8 Å². The van der Waals surface area contributed by atoms with E-state index in [4.69, 9.17) is 4.74 Å². The molecule has 1 aromatic carbocycles. The lowest BCUT2D eigenvalue weighted by atomic mass is 10.0. The first kappa shape index (κ1) is 17.9. The summed E-state index contributed by atoms with van der Waals surface area (Å²) in [5.74, 6) is -0.0930. The van der Waals surface area contributed by atoms with Crippen LogP contribution in [0.4, 0.5) is 0 Å². The molecule has 1 rings (SSSR count). The molecule has 0 N–H and O–H groups in total. The molecule has 0 bridgehead atoms. The molecule has 0 unspecified atom stereocenters. The van der Waals surface area contributed by atoms with Crippen molar-refractivity contribution in [3.8, 4) is 5.75 Å². The SMILES string of the molecule is CCCCCC[C@H](Br)C(=O)c1cc(C)ccc1OC(C)=O. The zero-order valence-electron chi connectivity index (χ0n) is 12.9. The molecule has 0 aliphatic rings. The molecule has 3 nitrogen and oxygen atoms in total. The van der Waals surface area contributed by atoms with Crippen LogP contribution in [0.5, 0.6) is 5.75 Å². The van der Waals surface area contributed by atoms with E-state index in [0.29, 0.717) is 11.3 Å². The Morgan fingerprint density at radius 1 is 1.24 bits per heavy atom. The Bertz CT molecular complexity index is 497. The molecule has 0 aliphatic heterocycles. The van der Waals surface area contributed by atoms with Gasteiger partial charge in [-0.25, -0.2) is 0 Å². The molecule has 0 amide bonds. The van der Waals surface area contributed by atoms with E-state index in [1.807, 2.05) is 13.0 Å². The Morgan fingerprint density at radius 3 is 2.57 bits per heavy atom. The number of Topliss-reactive ketones (excluding diaryl/α,β-unsaturated/α-hetero) is 1. The van der Waals surface area contributed by atoms with Crippen molar-refractivity contribution in [2.75, 3.05) is 0 Å². The zero-order valence-corrected chi connectivity index (χ0v) is 14.5. The van der Waals surface area contributed by atoms with Gasteiger partial charge in [-0.05, 0) is 25.5 Å². The number of aryl methyl sites for hydroxylation is 1. The molecule has 0 radical (unpaired) electrons. The van der Waals surface area contributed by atoms with Gasteiger partial charge in [0.05, 0.1) is 10.4 Å². The number of carbonyl (C=O) groups excluding carboxylic acids is 2. The van der Waals surface area contributed by atoms with Crippen molar-refractivity contribution in [2.24, 2.45) is 0 Å². The maximum Gasteiger partial charge on any atom is 0.308 e. The Kier molecular flexibility index (Phi) is 7.65. The average Bonchev–Trinajstić information content (AvgIpc) is 2.44. The molecule has 116 valence electrons. The van der Waals surface area contributed by atoms with Crippen molar-refractivity contribution in [2.45, 2.75) is 57.7 Å². The molecule has 0 saturated carbocycles. The number of rotatable bonds is 8. The second-order valence-electron chi connectivity index (χ2n) is 5.27. The number of esters is 1. The molecule has 0 fully saturated rings. The van der Waals surface area contributed by atoms with Gasteiger partial charge < -0.3 is 4.74 Å². The van der Waals surface area contributed by atoms with Crippen molar-refractivity contribution >= 4 is 27.7 Å². The molecule has 1 atom stereocenters. The summed E-state index contributed by atoms with van der Waals surface area (Å²) in [6.07, 6.45) is 5.32. The minimum absolute atomic E-state index is 0.0218. The molecule has 4 heteroatoms. The lowest BCUT2D eigenvalue weighted by Crippen LogP contribution is -2.16. The van der Waals surface area contributed by atoms with Crippen LogP contribution in [0.3, 0.4) is 0 Å². The Morgan fingerprint density at radius 2 is 1.95 bits per heavy atom. The zero-order chi connectivity index (χ0) is 15.8. The number of ether oxygens (including phenoxy) is 1. The van der Waals surface area contributed by atoms with Gasteiger partial charge in [0, 0.05) is 6.92 Å². The minimum atomic E-state index is -0.415. The molecule has 21 heavy (non-hydrogen) atoms. The number of ketones is 1. The third kappa shape index (κ3) is 6.00. The van der Waals surface area contributed by atoms with Crippen molar-refractivity contribution < 1.29 is 14.3 Å². The number of benzene rings is 1. The standard InChI is InChI=1S/C17H23BrO3/c1-4-5-6-7-8-15(18)17(20)14-11-12(2)9-10-16(14)21-13(3)19/h9-11,15H,4-8H2,1-3H3/t15-/m0/s1. The van der Waals surface area contributed by atoms with E-state index in [1.165, 1.54) is 19.8 Å². The highest BCUT2D eigenvalue weighted by Crippen LogP contribution is 2.25. The highest BCUT2D eigenvalue weighted by molar-refractivity contribution is 9.10. The lowest BCUT2D eigenvalue weighted by molar-refractivity contribution is -0.131. The van der Waals surface area contributed by atoms with Crippen molar-refractivity contribution in [1.82, 2.24) is 0 Å². The van der Waals surface area contributed by atoms with E-state index in [1.54, 1.807) is 12.1 Å². The molecular weight excluding hydrogens is 332 g/mol. The molecule has 0 aromatic heterocycles. The summed E-state index contributed by atoms with van der Waals surface area (Å²) < 4.78 is 5.13. The normalized spacial score (nSPS) is 12.0. The second kappa shape index (κ2) is 8.98. The van der Waals surface area contributed by atoms with E-state index < -0.39 is 5.97 Å². The van der Waals surface area contributed by atoms with Crippen molar-refractivity contribution in [3.63, 3.8) is 0 Å². The maximum absolute atomic E-state index is 12.5. The van der Waals surface area contributed by atoms with Crippen LogP contribution in [0, 0.1) is 6.92 Å². The van der Waals surface area contributed by atoms with Crippen molar-refractivity contribution in [1.29, 1.82) is 0 Å². The van der Waals surface area contributed by atoms with Crippen LogP contribution in [-0.4, -0.2) is 16.6 Å². The van der Waals surface area contributed by atoms with E-state index in [-0.39, 0.29) is 10.6 Å². The maximum atomic E-state index is 12.5. The fourth-order valence-electron chi connectivity index (χ4n) is 2.13. The summed E-state index contributed by atoms with van der Waals surface area (Å²) >= 11 is 3.47. The monoisotopic (exact) mass is 354 g/mol. The van der Waals surface area contributed by atoms with Gasteiger partial charge >= 0.3 is 5.97 Å². The fourth-order valence-corrected chi connectivity index (χ4v) is 2.70. The number of alkyl halides is 1. The van der Waals surface area contributed by atoms with Gasteiger partial charge in [-0.1, -0.05) is 60.2 Å². The summed E-state index contributed by atoms with van der Waals surface area (Å²) in [5, 5.41) is 0. The summed E-state index contributed by atoms with van der Waals surface area (Å²) in [5.41, 5.74) is 1.45. The minimum Gasteiger partial charge on any atom is -0.426 e. The highest BCUT2D eigenvalue weighted by Gasteiger charge is 2.21. The van der Waals surface area contributed by atoms with Gasteiger partial charge in [0.15, 0.2) is 5.78 Å². The summed E-state index contributed by atoms with van der Waals surface area (Å²) in [6.45, 7) is 5.41. The summed E-state index contributed by atoms with van der Waals surface area (Å²) in [6, 6.07) is 5.29. The van der Waals surface area contributed by atoms with Crippen LogP contribution in [0.2, 0.25) is 0 Å². The number of carbonyl (C=O) groups is 2. The van der Waals surface area contributed by atoms with E-state index in [2.05, 4.69) is 22.9 Å². The molecule has 0 saturated heterocycles. The number of hydrogen-bond donors (Lipinski definition) is 0. The van der Waals surface area contributed by atoms with Crippen LogP contribution in [0.15, 0.2) is 18.2 Å². The Hall–Kier alpha value is -1.16. The first-order chi connectivity index (χ1) is 9.95. The molecule has 0 aliphatic carbocycles. The van der Waals surface area contributed by atoms with Gasteiger partial charge in [-0.3, -0.25) is 9.59 Å². The van der Waals surface area contributed by atoms with Crippen LogP contribution < -0.4 is 4.74 Å². The number of hydrogen-bond acceptors (Lipinski definition) is 3. The summed E-state index contributed by atoms with van der Waals surface area (Å²) in [4.78, 5) is 23.4. The van der Waals surface area contributed by atoms with E-state index in [9.17, 15) is 9.59 Å². The van der Waals surface area contributed by atoms with Crippen LogP contribution in [0.25, 0.3) is 0 Å². The predicted molar refractivity (Wildman–Crippen MR) is 88.3 cm³/mol. The van der Waals surface area contributed by atoms with Gasteiger partial charge in [0.1, 0.15) is 5.75 Å². The second-order valence-corrected chi connectivity index (χ2v) is 6.38. The first-order valence-corrected chi connectivity index (χ1v) is 8.34.